The number of hydrogen-bond donors (Lipinski definition) is 3. The first-order chi connectivity index (χ1) is 11.4. The number of benzene rings is 1. The molecule has 1 amide bonds. The van der Waals surface area contributed by atoms with Crippen molar-refractivity contribution in [1.82, 2.24) is 4.98 Å². The molecule has 3 N–H and O–H groups in total. The van der Waals surface area contributed by atoms with Crippen molar-refractivity contribution in [2.24, 2.45) is 5.10 Å². The zero-order valence-electron chi connectivity index (χ0n) is 12.9. The molecule has 9 heteroatoms. The molecule has 0 saturated heterocycles. The molecular weight excluding hydrogens is 332 g/mol. The van der Waals surface area contributed by atoms with Crippen LogP contribution < -0.4 is 10.7 Å². The number of aromatic carboxylic acids is 1. The predicted molar refractivity (Wildman–Crippen MR) is 90.6 cm³/mol. The number of carboxylic acids is 1. The Morgan fingerprint density at radius 1 is 1.25 bits per heavy atom. The van der Waals surface area contributed by atoms with Gasteiger partial charge < -0.3 is 5.11 Å². The monoisotopic (exact) mass is 346 g/mol. The van der Waals surface area contributed by atoms with E-state index in [1.54, 1.807) is 24.4 Å². The minimum Gasteiger partial charge on any atom is -0.478 e. The SMILES string of the molecule is CC(=O)/C(=N\Nc1ccccc1C(=O)O)C(=O)Nc1nc(C)cs1. The van der Waals surface area contributed by atoms with Gasteiger partial charge in [0.2, 0.25) is 0 Å². The third-order valence-electron chi connectivity index (χ3n) is 2.83. The summed E-state index contributed by atoms with van der Waals surface area (Å²) in [5.41, 5.74) is 2.95. The number of ketones is 1. The van der Waals surface area contributed by atoms with Gasteiger partial charge in [-0.15, -0.1) is 11.3 Å². The van der Waals surface area contributed by atoms with Crippen LogP contribution in [0.1, 0.15) is 23.0 Å². The molecule has 0 unspecified atom stereocenters. The molecule has 0 fully saturated rings. The van der Waals surface area contributed by atoms with Crippen LogP contribution >= 0.6 is 11.3 Å². The van der Waals surface area contributed by atoms with Crippen LogP contribution in [0.15, 0.2) is 34.7 Å². The number of nitrogens with zero attached hydrogens (tertiary/aromatic N) is 2. The van der Waals surface area contributed by atoms with E-state index in [2.05, 4.69) is 20.8 Å². The van der Waals surface area contributed by atoms with E-state index in [-0.39, 0.29) is 17.0 Å². The van der Waals surface area contributed by atoms with Crippen LogP contribution in [0.5, 0.6) is 0 Å². The van der Waals surface area contributed by atoms with Crippen LogP contribution in [0.3, 0.4) is 0 Å². The van der Waals surface area contributed by atoms with Gasteiger partial charge in [-0.1, -0.05) is 12.1 Å². The molecule has 1 aromatic heterocycles. The standard InChI is InChI=1S/C15H14N4O4S/c1-8-7-24-15(16-8)17-13(21)12(9(2)20)19-18-11-6-4-3-5-10(11)14(22)23/h3-7,18H,1-2H3,(H,22,23)(H,16,17,21)/b19-12+. The Bertz CT molecular complexity index is 828. The summed E-state index contributed by atoms with van der Waals surface area (Å²) in [6.45, 7) is 2.97. The van der Waals surface area contributed by atoms with E-state index in [1.807, 2.05) is 0 Å². The number of thiazole rings is 1. The molecule has 0 bridgehead atoms. The summed E-state index contributed by atoms with van der Waals surface area (Å²) in [7, 11) is 0. The number of carboxylic acid groups (broad SMARTS) is 1. The average molecular weight is 346 g/mol. The van der Waals surface area contributed by atoms with Crippen LogP contribution in [0.25, 0.3) is 0 Å². The first-order valence-electron chi connectivity index (χ1n) is 6.79. The molecule has 24 heavy (non-hydrogen) atoms. The smallest absolute Gasteiger partial charge is 0.337 e. The van der Waals surface area contributed by atoms with Crippen LogP contribution in [0, 0.1) is 6.92 Å². The van der Waals surface area contributed by atoms with Gasteiger partial charge in [0, 0.05) is 12.3 Å². The number of hydrogen-bond acceptors (Lipinski definition) is 7. The third-order valence-corrected chi connectivity index (χ3v) is 3.71. The van der Waals surface area contributed by atoms with Crippen molar-refractivity contribution in [2.75, 3.05) is 10.7 Å². The minimum atomic E-state index is -1.15. The maximum atomic E-state index is 12.2. The van der Waals surface area contributed by atoms with Gasteiger partial charge in [-0.05, 0) is 19.1 Å². The largest absolute Gasteiger partial charge is 0.478 e. The van der Waals surface area contributed by atoms with E-state index in [0.717, 1.165) is 5.69 Å². The van der Waals surface area contributed by atoms with Crippen molar-refractivity contribution in [1.29, 1.82) is 0 Å². The number of carbonyl (C=O) groups excluding carboxylic acids is 2. The number of aryl methyl sites for hydroxylation is 1. The summed E-state index contributed by atoms with van der Waals surface area (Å²) >= 11 is 1.22. The van der Waals surface area contributed by atoms with Crippen molar-refractivity contribution in [3.63, 3.8) is 0 Å². The predicted octanol–water partition coefficient (Wildman–Crippen LogP) is 2.15. The number of aromatic nitrogens is 1. The molecule has 2 rings (SSSR count). The molecule has 124 valence electrons. The second-order valence-corrected chi connectivity index (χ2v) is 5.59. The number of Topliss-reactive ketones (excluding diaryl/α,β-unsaturated/α-hetero) is 1. The second kappa shape index (κ2) is 7.47. The summed E-state index contributed by atoms with van der Waals surface area (Å²) in [5, 5.41) is 17.4. The first kappa shape index (κ1) is 17.3. The molecule has 0 aliphatic carbocycles. The molecule has 8 nitrogen and oxygen atoms in total. The summed E-state index contributed by atoms with van der Waals surface area (Å²) in [4.78, 5) is 39.0. The highest BCUT2D eigenvalue weighted by Crippen LogP contribution is 2.16. The second-order valence-electron chi connectivity index (χ2n) is 4.73. The fourth-order valence-corrected chi connectivity index (χ4v) is 2.42. The number of amides is 1. The van der Waals surface area contributed by atoms with E-state index in [0.29, 0.717) is 5.13 Å². The molecule has 1 heterocycles. The quantitative estimate of drug-likeness (QED) is 0.419. The van der Waals surface area contributed by atoms with E-state index in [1.165, 1.54) is 30.4 Å². The Morgan fingerprint density at radius 3 is 2.54 bits per heavy atom. The molecular formula is C15H14N4O4S. The van der Waals surface area contributed by atoms with Crippen molar-refractivity contribution < 1.29 is 19.5 Å². The number of para-hydroxylation sites is 1. The average Bonchev–Trinajstić information content (AvgIpc) is 2.92. The van der Waals surface area contributed by atoms with Gasteiger partial charge in [-0.2, -0.15) is 5.10 Å². The first-order valence-corrected chi connectivity index (χ1v) is 7.67. The summed E-state index contributed by atoms with van der Waals surface area (Å²) in [6.07, 6.45) is 0. The normalized spacial score (nSPS) is 11.0. The van der Waals surface area contributed by atoms with Crippen LogP contribution in [-0.4, -0.2) is 33.5 Å². The Labute approximate surface area is 141 Å². The highest BCUT2D eigenvalue weighted by atomic mass is 32.1. The van der Waals surface area contributed by atoms with Gasteiger partial charge in [0.05, 0.1) is 16.9 Å². The number of carbonyl (C=O) groups is 3. The minimum absolute atomic E-state index is 0.0277. The van der Waals surface area contributed by atoms with E-state index < -0.39 is 17.7 Å². The number of nitrogens with one attached hydrogen (secondary N) is 2. The zero-order valence-corrected chi connectivity index (χ0v) is 13.7. The Balaban J connectivity index is 2.21. The Kier molecular flexibility index (Phi) is 5.38. The lowest BCUT2D eigenvalue weighted by Crippen LogP contribution is -2.29. The number of rotatable bonds is 6. The summed E-state index contributed by atoms with van der Waals surface area (Å²) in [6, 6.07) is 6.02. The lowest BCUT2D eigenvalue weighted by atomic mass is 10.2. The van der Waals surface area contributed by atoms with Gasteiger partial charge >= 0.3 is 5.97 Å². The lowest BCUT2D eigenvalue weighted by molar-refractivity contribution is -0.114. The Morgan fingerprint density at radius 2 is 1.96 bits per heavy atom. The van der Waals surface area contributed by atoms with E-state index in [9.17, 15) is 14.4 Å². The Hall–Kier alpha value is -3.07. The number of hydrazone groups is 1. The number of anilines is 2. The zero-order chi connectivity index (χ0) is 17.7. The molecule has 0 aliphatic rings. The fraction of sp³-hybridized carbons (Fsp3) is 0.133. The summed E-state index contributed by atoms with van der Waals surface area (Å²) < 4.78 is 0. The van der Waals surface area contributed by atoms with Gasteiger partial charge in [0.1, 0.15) is 0 Å². The molecule has 0 atom stereocenters. The van der Waals surface area contributed by atoms with Gasteiger partial charge in [-0.25, -0.2) is 9.78 Å². The van der Waals surface area contributed by atoms with E-state index >= 15 is 0 Å². The van der Waals surface area contributed by atoms with Crippen molar-refractivity contribution in [3.8, 4) is 0 Å². The lowest BCUT2D eigenvalue weighted by Gasteiger charge is -2.07. The fourth-order valence-electron chi connectivity index (χ4n) is 1.74. The maximum Gasteiger partial charge on any atom is 0.337 e. The van der Waals surface area contributed by atoms with E-state index in [4.69, 9.17) is 5.11 Å². The summed E-state index contributed by atoms with van der Waals surface area (Å²) in [5.74, 6) is -2.45. The van der Waals surface area contributed by atoms with Crippen LogP contribution in [0.4, 0.5) is 10.8 Å². The van der Waals surface area contributed by atoms with Gasteiger partial charge in [-0.3, -0.25) is 20.3 Å². The highest BCUT2D eigenvalue weighted by molar-refractivity contribution is 7.14. The topological polar surface area (TPSA) is 121 Å². The van der Waals surface area contributed by atoms with Crippen molar-refractivity contribution in [2.45, 2.75) is 13.8 Å². The van der Waals surface area contributed by atoms with Crippen molar-refractivity contribution in [3.05, 3.63) is 40.9 Å². The maximum absolute atomic E-state index is 12.2. The van der Waals surface area contributed by atoms with Crippen LogP contribution in [0.2, 0.25) is 0 Å². The molecule has 0 aliphatic heterocycles. The molecule has 1 aromatic carbocycles. The molecule has 0 saturated carbocycles. The third kappa shape index (κ3) is 4.23. The van der Waals surface area contributed by atoms with Gasteiger partial charge in [0.25, 0.3) is 5.91 Å². The molecule has 2 aromatic rings. The highest BCUT2D eigenvalue weighted by Gasteiger charge is 2.19. The molecule has 0 spiro atoms. The van der Waals surface area contributed by atoms with Gasteiger partial charge in [0.15, 0.2) is 16.6 Å². The van der Waals surface area contributed by atoms with Crippen molar-refractivity contribution >= 4 is 45.5 Å². The molecule has 0 radical (unpaired) electrons. The van der Waals surface area contributed by atoms with Crippen LogP contribution in [-0.2, 0) is 9.59 Å².